The predicted molar refractivity (Wildman–Crippen MR) is 170 cm³/mol. The highest BCUT2D eigenvalue weighted by molar-refractivity contribution is 14.1. The van der Waals surface area contributed by atoms with Crippen molar-refractivity contribution < 1.29 is 19.2 Å². The van der Waals surface area contributed by atoms with Crippen molar-refractivity contribution in [3.05, 3.63) is 0 Å². The van der Waals surface area contributed by atoms with Crippen molar-refractivity contribution in [3.8, 4) is 0 Å². The largest absolute Gasteiger partial charge is 0.358 e. The van der Waals surface area contributed by atoms with Crippen LogP contribution in [0.15, 0.2) is 0 Å². The summed E-state index contributed by atoms with van der Waals surface area (Å²) in [5.41, 5.74) is 10.8. The maximum atomic E-state index is 11.1. The summed E-state index contributed by atoms with van der Waals surface area (Å²) in [5, 5.41) is 10.3. The van der Waals surface area contributed by atoms with Crippen LogP contribution in [-0.2, 0) is 19.2 Å². The Morgan fingerprint density at radius 2 is 1.22 bits per heavy atom. The summed E-state index contributed by atoms with van der Waals surface area (Å²) in [4.78, 5) is 43.1. The van der Waals surface area contributed by atoms with E-state index >= 15 is 0 Å². The van der Waals surface area contributed by atoms with E-state index in [1.807, 2.05) is 64.1 Å². The zero-order valence-electron chi connectivity index (χ0n) is 22.8. The number of rotatable bonds is 12. The Balaban J connectivity index is -0.0000000919. The standard InChI is InChI=1S/C9H19N3O2S.C5H10INO.C4H10N2OS.2C2H6.CH4/c1-3-4-12-8(13)6-15-5-7(10)9(14)11-2;1-2-3-7-5(8)4-6;1-6-4(7)3(5)2-8;2*1-2;/h7H,3-6,10H2,1-2H3,(H,11,14)(H,12,13);2-4H2,1H3,(H,7,8);3,8H,2,5H2,1H3,(H,6,7);2*1-2H3;1H4/t7-;;3-;;;/m1.1.../s1. The molecule has 0 heterocycles. The SMILES string of the molecule is C.CC.CC.CCCNC(=O)CI.CCCNC(=O)CSC[C@@H](N)C(=O)NC.CNC(=O)[C@H](N)CS. The first-order valence-corrected chi connectivity index (χ1v) is 15.2. The van der Waals surface area contributed by atoms with Crippen LogP contribution in [0.4, 0.5) is 0 Å². The van der Waals surface area contributed by atoms with Crippen LogP contribution < -0.4 is 32.7 Å². The molecule has 13 heteroatoms. The number of nitrogens with one attached hydrogen (secondary N) is 4. The average Bonchev–Trinajstić information content (AvgIpc) is 2.91. The second kappa shape index (κ2) is 41.4. The monoisotopic (exact) mass is 670 g/mol. The lowest BCUT2D eigenvalue weighted by atomic mass is 10.3. The highest BCUT2D eigenvalue weighted by Crippen LogP contribution is 2.01. The Labute approximate surface area is 244 Å². The molecule has 0 fully saturated rings. The van der Waals surface area contributed by atoms with Gasteiger partial charge in [0, 0.05) is 38.7 Å². The third-order valence-electron chi connectivity index (χ3n) is 3.16. The second-order valence-electron chi connectivity index (χ2n) is 5.97. The lowest BCUT2D eigenvalue weighted by molar-refractivity contribution is -0.122. The lowest BCUT2D eigenvalue weighted by Crippen LogP contribution is -2.40. The van der Waals surface area contributed by atoms with Crippen LogP contribution >= 0.6 is 47.0 Å². The van der Waals surface area contributed by atoms with Gasteiger partial charge in [-0.3, -0.25) is 19.2 Å². The number of amides is 4. The number of carbonyl (C=O) groups is 4. The Hall–Kier alpha value is -0.770. The van der Waals surface area contributed by atoms with Crippen molar-refractivity contribution in [2.75, 3.05) is 48.9 Å². The molecule has 0 aliphatic heterocycles. The molecule has 0 spiro atoms. The van der Waals surface area contributed by atoms with Crippen LogP contribution in [0.5, 0.6) is 0 Å². The van der Waals surface area contributed by atoms with Crippen molar-refractivity contribution in [2.45, 2.75) is 73.9 Å². The second-order valence-corrected chi connectivity index (χ2v) is 8.13. The number of hydrogen-bond donors (Lipinski definition) is 7. The molecule has 0 saturated carbocycles. The van der Waals surface area contributed by atoms with Gasteiger partial charge in [0.1, 0.15) is 0 Å². The van der Waals surface area contributed by atoms with E-state index in [0.29, 0.717) is 28.2 Å². The first-order chi connectivity index (χ1) is 16.6. The molecule has 220 valence electrons. The highest BCUT2D eigenvalue weighted by Gasteiger charge is 2.12. The molecule has 36 heavy (non-hydrogen) atoms. The van der Waals surface area contributed by atoms with E-state index in [9.17, 15) is 19.2 Å². The van der Waals surface area contributed by atoms with Crippen molar-refractivity contribution in [1.29, 1.82) is 0 Å². The fourth-order valence-corrected chi connectivity index (χ4v) is 2.68. The highest BCUT2D eigenvalue weighted by atomic mass is 127. The van der Waals surface area contributed by atoms with E-state index < -0.39 is 12.1 Å². The van der Waals surface area contributed by atoms with Gasteiger partial charge in [-0.25, -0.2) is 0 Å². The van der Waals surface area contributed by atoms with Gasteiger partial charge >= 0.3 is 0 Å². The fraction of sp³-hybridized carbons (Fsp3) is 0.826. The number of nitrogens with two attached hydrogens (primary N) is 2. The minimum absolute atomic E-state index is 0. The summed E-state index contributed by atoms with van der Waals surface area (Å²) >= 11 is 7.23. The van der Waals surface area contributed by atoms with Gasteiger partial charge in [0.2, 0.25) is 23.6 Å². The molecular formula is C23H55IN6O4S2. The molecule has 0 aromatic rings. The summed E-state index contributed by atoms with van der Waals surface area (Å²) in [6.07, 6.45) is 1.94. The van der Waals surface area contributed by atoms with E-state index in [2.05, 4.69) is 33.9 Å². The number of hydrogen-bond acceptors (Lipinski definition) is 8. The van der Waals surface area contributed by atoms with Gasteiger partial charge in [0.25, 0.3) is 0 Å². The van der Waals surface area contributed by atoms with Crippen molar-refractivity contribution >= 4 is 70.6 Å². The van der Waals surface area contributed by atoms with Gasteiger partial charge in [-0.15, -0.1) is 11.8 Å². The molecule has 0 radical (unpaired) electrons. The third-order valence-corrected chi connectivity index (χ3v) is 5.31. The molecule has 4 amide bonds. The number of thiol groups is 1. The summed E-state index contributed by atoms with van der Waals surface area (Å²) in [7, 11) is 3.09. The number of halogens is 1. The lowest BCUT2D eigenvalue weighted by Gasteiger charge is -2.09. The molecule has 0 aliphatic rings. The minimum atomic E-state index is -0.543. The molecule has 0 rings (SSSR count). The maximum Gasteiger partial charge on any atom is 0.237 e. The first kappa shape index (κ1) is 48.3. The van der Waals surface area contributed by atoms with E-state index in [-0.39, 0.29) is 31.1 Å². The zero-order chi connectivity index (χ0) is 28.7. The normalized spacial score (nSPS) is 10.1. The van der Waals surface area contributed by atoms with Crippen LogP contribution in [0, 0.1) is 0 Å². The van der Waals surface area contributed by atoms with Crippen molar-refractivity contribution in [1.82, 2.24) is 21.3 Å². The molecule has 2 atom stereocenters. The van der Waals surface area contributed by atoms with Crippen LogP contribution in [0.25, 0.3) is 0 Å². The van der Waals surface area contributed by atoms with Gasteiger partial charge in [0.15, 0.2) is 0 Å². The van der Waals surface area contributed by atoms with Gasteiger partial charge < -0.3 is 32.7 Å². The molecule has 10 nitrogen and oxygen atoms in total. The molecule has 0 aromatic carbocycles. The van der Waals surface area contributed by atoms with E-state index in [1.165, 1.54) is 11.8 Å². The first-order valence-electron chi connectivity index (χ1n) is 11.9. The summed E-state index contributed by atoms with van der Waals surface area (Å²) in [5.74, 6) is 0.957. The fourth-order valence-electron chi connectivity index (χ4n) is 1.44. The van der Waals surface area contributed by atoms with Crippen LogP contribution in [0.1, 0.15) is 61.8 Å². The summed E-state index contributed by atoms with van der Waals surface area (Å²) < 4.78 is 0.567. The molecule has 0 unspecified atom stereocenters. The summed E-state index contributed by atoms with van der Waals surface area (Å²) in [6, 6.07) is -1.01. The zero-order valence-corrected chi connectivity index (χ0v) is 26.7. The van der Waals surface area contributed by atoms with E-state index in [4.69, 9.17) is 11.5 Å². The quantitative estimate of drug-likeness (QED) is 0.0947. The minimum Gasteiger partial charge on any atom is -0.358 e. The Bertz CT molecular complexity index is 507. The molecule has 8 N–H and O–H groups in total. The number of likely N-dealkylation sites (N-methyl/N-ethyl adjacent to an activating group) is 2. The van der Waals surface area contributed by atoms with Gasteiger partial charge in [-0.05, 0) is 12.8 Å². The van der Waals surface area contributed by atoms with E-state index in [0.717, 1.165) is 19.4 Å². The maximum absolute atomic E-state index is 11.1. The smallest absolute Gasteiger partial charge is 0.237 e. The van der Waals surface area contributed by atoms with Crippen LogP contribution in [-0.4, -0.2) is 84.6 Å². The molecule has 0 aromatic heterocycles. The summed E-state index contributed by atoms with van der Waals surface area (Å²) in [6.45, 7) is 13.5. The van der Waals surface area contributed by atoms with Crippen molar-refractivity contribution in [2.24, 2.45) is 11.5 Å². The van der Waals surface area contributed by atoms with Gasteiger partial charge in [0.05, 0.1) is 22.3 Å². The third kappa shape index (κ3) is 40.4. The molecule has 0 saturated heterocycles. The number of carbonyl (C=O) groups excluding carboxylic acids is 4. The molecule has 0 aliphatic carbocycles. The Kier molecular flexibility index (Phi) is 55.5. The van der Waals surface area contributed by atoms with Crippen molar-refractivity contribution in [3.63, 3.8) is 0 Å². The Morgan fingerprint density at radius 1 is 0.833 bits per heavy atom. The molecular weight excluding hydrogens is 615 g/mol. The number of alkyl halides is 1. The van der Waals surface area contributed by atoms with E-state index in [1.54, 1.807) is 14.1 Å². The van der Waals surface area contributed by atoms with Gasteiger partial charge in [-0.1, -0.05) is 71.6 Å². The topological polar surface area (TPSA) is 168 Å². The van der Waals surface area contributed by atoms with Gasteiger partial charge in [-0.2, -0.15) is 12.6 Å². The molecule has 0 bridgehead atoms. The predicted octanol–water partition coefficient (Wildman–Crippen LogP) is 1.94. The Morgan fingerprint density at radius 3 is 1.53 bits per heavy atom. The van der Waals surface area contributed by atoms with Crippen LogP contribution in [0.3, 0.4) is 0 Å². The van der Waals surface area contributed by atoms with Crippen LogP contribution in [0.2, 0.25) is 0 Å². The average molecular weight is 671 g/mol. The number of thioether (sulfide) groups is 1.